The van der Waals surface area contributed by atoms with Gasteiger partial charge in [0.1, 0.15) is 0 Å². The molecular weight excluding hydrogens is 781 g/mol. The number of fused-ring (bicyclic) bond motifs is 3. The Morgan fingerprint density at radius 3 is 1.17 bits per heavy atom. The Morgan fingerprint density at radius 2 is 0.817 bits per heavy atom. The van der Waals surface area contributed by atoms with Crippen molar-refractivity contribution in [3.05, 3.63) is 115 Å². The molecule has 0 saturated carbocycles. The second kappa shape index (κ2) is 18.7. The number of aryl methyl sites for hydroxylation is 2. The fourth-order valence-electron chi connectivity index (χ4n) is 8.61. The van der Waals surface area contributed by atoms with Gasteiger partial charge in [-0.2, -0.15) is 0 Å². The third kappa shape index (κ3) is 9.58. The molecule has 0 bridgehead atoms. The van der Waals surface area contributed by atoms with Gasteiger partial charge in [0, 0.05) is 41.0 Å². The van der Waals surface area contributed by atoms with Crippen LogP contribution >= 0.6 is 22.7 Å². The highest BCUT2D eigenvalue weighted by molar-refractivity contribution is 7.16. The van der Waals surface area contributed by atoms with Crippen molar-refractivity contribution < 1.29 is 19.1 Å². The van der Waals surface area contributed by atoms with Crippen molar-refractivity contribution in [2.24, 2.45) is 11.5 Å². The first-order chi connectivity index (χ1) is 28.8. The van der Waals surface area contributed by atoms with E-state index in [4.69, 9.17) is 20.9 Å². The highest BCUT2D eigenvalue weighted by Crippen LogP contribution is 2.40. The van der Waals surface area contributed by atoms with E-state index in [-0.39, 0.29) is 11.5 Å². The smallest absolute Gasteiger partial charge is 0.345 e. The van der Waals surface area contributed by atoms with Crippen LogP contribution in [0.25, 0.3) is 32.0 Å². The van der Waals surface area contributed by atoms with Gasteiger partial charge >= 0.3 is 11.9 Å². The molecule has 0 fully saturated rings. The zero-order valence-corrected chi connectivity index (χ0v) is 38.1. The van der Waals surface area contributed by atoms with Crippen molar-refractivity contribution in [3.63, 3.8) is 0 Å². The molecule has 4 N–H and O–H groups in total. The summed E-state index contributed by atoms with van der Waals surface area (Å²) in [6.45, 7) is 12.8. The third-order valence-electron chi connectivity index (χ3n) is 11.8. The largest absolute Gasteiger partial charge is 0.418 e. The summed E-state index contributed by atoms with van der Waals surface area (Å²) in [5.74, 6) is -0.345. The number of hydrogen-bond acceptors (Lipinski definition) is 8. The first kappa shape index (κ1) is 43.7. The summed E-state index contributed by atoms with van der Waals surface area (Å²) >= 11 is 3.52. The maximum absolute atomic E-state index is 13.5. The molecule has 0 atom stereocenters. The van der Waals surface area contributed by atoms with Crippen molar-refractivity contribution in [1.82, 2.24) is 0 Å². The Bertz CT molecular complexity index is 2290. The summed E-state index contributed by atoms with van der Waals surface area (Å²) < 4.78 is 11.7. The molecule has 316 valence electrons. The highest BCUT2D eigenvalue weighted by atomic mass is 32.1. The summed E-state index contributed by atoms with van der Waals surface area (Å²) in [4.78, 5) is 31.8. The predicted octanol–water partition coefficient (Wildman–Crippen LogP) is 11.6. The lowest BCUT2D eigenvalue weighted by Gasteiger charge is -2.19. The molecule has 0 amide bonds. The molecule has 60 heavy (non-hydrogen) atoms. The fourth-order valence-corrected chi connectivity index (χ4v) is 11.1. The number of hydrogen-bond donors (Lipinski definition) is 2. The van der Waals surface area contributed by atoms with E-state index >= 15 is 0 Å². The van der Waals surface area contributed by atoms with E-state index in [1.54, 1.807) is 22.7 Å². The van der Waals surface area contributed by atoms with Crippen LogP contribution in [0.4, 0.5) is 0 Å². The zero-order chi connectivity index (χ0) is 42.6. The predicted molar refractivity (Wildman–Crippen MR) is 250 cm³/mol. The lowest BCUT2D eigenvalue weighted by atomic mass is 9.96. The molecule has 7 rings (SSSR count). The molecule has 0 spiro atoms. The quantitative estimate of drug-likeness (QED) is 0.0459. The molecule has 5 aromatic rings. The minimum atomic E-state index is -0.462. The van der Waals surface area contributed by atoms with Gasteiger partial charge in [-0.15, -0.1) is 22.7 Å². The van der Waals surface area contributed by atoms with Crippen molar-refractivity contribution in [2.45, 2.75) is 143 Å². The van der Waals surface area contributed by atoms with Crippen molar-refractivity contribution in [3.8, 4) is 32.4 Å². The average Bonchev–Trinajstić information content (AvgIpc) is 4.00. The van der Waals surface area contributed by atoms with E-state index in [0.717, 1.165) is 47.9 Å². The molecular formula is C52H62N2O4S2. The maximum Gasteiger partial charge on any atom is 0.345 e. The van der Waals surface area contributed by atoms with Crippen LogP contribution in [0, 0.1) is 0 Å². The molecule has 2 aliphatic heterocycles. The average molecular weight is 843 g/mol. The van der Waals surface area contributed by atoms with Crippen LogP contribution in [0.2, 0.25) is 0 Å². The van der Waals surface area contributed by atoms with Crippen molar-refractivity contribution in [2.75, 3.05) is 0 Å². The number of esters is 2. The lowest BCUT2D eigenvalue weighted by Crippen LogP contribution is -2.28. The van der Waals surface area contributed by atoms with E-state index in [0.29, 0.717) is 21.6 Å². The number of benzene rings is 3. The van der Waals surface area contributed by atoms with Crippen LogP contribution < -0.4 is 31.4 Å². The first-order valence-corrected chi connectivity index (χ1v) is 23.8. The fraction of sp³-hybridized carbons (Fsp3) is 0.423. The number of unbranched alkanes of at least 4 members (excludes halogenated alkanes) is 10. The second-order valence-electron chi connectivity index (χ2n) is 17.9. The minimum Gasteiger partial charge on any atom is -0.418 e. The number of rotatable bonds is 20. The van der Waals surface area contributed by atoms with Gasteiger partial charge in [-0.25, -0.2) is 9.59 Å². The van der Waals surface area contributed by atoms with Crippen molar-refractivity contribution in [1.29, 1.82) is 0 Å². The normalized spacial score (nSPS) is 13.9. The maximum atomic E-state index is 13.5. The number of thiophene rings is 2. The van der Waals surface area contributed by atoms with Crippen LogP contribution in [-0.2, 0) is 33.5 Å². The summed E-state index contributed by atoms with van der Waals surface area (Å²) in [7, 11) is 0. The van der Waals surface area contributed by atoms with Gasteiger partial charge in [0.15, 0.2) is 11.5 Å². The molecule has 3 aromatic carbocycles. The van der Waals surface area contributed by atoms with E-state index in [9.17, 15) is 9.59 Å². The van der Waals surface area contributed by atoms with Gasteiger partial charge in [-0.1, -0.05) is 127 Å². The van der Waals surface area contributed by atoms with E-state index in [1.165, 1.54) is 94.8 Å². The molecule has 0 saturated heterocycles. The monoisotopic (exact) mass is 842 g/mol. The molecule has 6 nitrogen and oxygen atoms in total. The Balaban J connectivity index is 1.13. The summed E-state index contributed by atoms with van der Waals surface area (Å²) in [5, 5.41) is 1.24. The number of carbonyl (C=O) groups is 2. The lowest BCUT2D eigenvalue weighted by molar-refractivity contribution is -0.129. The Labute approximate surface area is 364 Å². The van der Waals surface area contributed by atoms with E-state index in [2.05, 4.69) is 77.9 Å². The van der Waals surface area contributed by atoms with Gasteiger partial charge in [0.25, 0.3) is 0 Å². The number of carbonyl (C=O) groups excluding carboxylic acids is 2. The van der Waals surface area contributed by atoms with Crippen molar-refractivity contribution >= 4 is 45.8 Å². The van der Waals surface area contributed by atoms with Crippen LogP contribution in [0.5, 0.6) is 11.5 Å². The van der Waals surface area contributed by atoms with Gasteiger partial charge in [-0.3, -0.25) is 0 Å². The first-order valence-electron chi connectivity index (χ1n) is 22.2. The van der Waals surface area contributed by atoms with Gasteiger partial charge < -0.3 is 20.9 Å². The molecule has 2 aliphatic rings. The molecule has 0 unspecified atom stereocenters. The van der Waals surface area contributed by atoms with Gasteiger partial charge in [0.2, 0.25) is 0 Å². The summed E-state index contributed by atoms with van der Waals surface area (Å²) in [5.41, 5.74) is 19.7. The van der Waals surface area contributed by atoms with Gasteiger partial charge in [0.05, 0.1) is 11.1 Å². The highest BCUT2D eigenvalue weighted by Gasteiger charge is 2.34. The molecule has 0 radical (unpaired) electrons. The topological polar surface area (TPSA) is 105 Å². The van der Waals surface area contributed by atoms with Crippen LogP contribution in [0.3, 0.4) is 0 Å². The molecule has 2 aromatic heterocycles. The SMILES string of the molecule is CCCCCCCCc1cc(-c2ccc(C3=c4ccc5c(c4OC3=O)OC(=O)C=5c3ccc(-c4cc(CCCCCCCC)c(C(C)(C)N)s4)cc3)cc2)sc1C(C)(C)N. The zero-order valence-electron chi connectivity index (χ0n) is 36.4. The number of ether oxygens (including phenoxy) is 2. The van der Waals surface area contributed by atoms with Crippen LogP contribution in [0.15, 0.2) is 72.8 Å². The third-order valence-corrected chi connectivity index (χ3v) is 14.9. The molecule has 0 aliphatic carbocycles. The Hall–Kier alpha value is -4.34. The second-order valence-corrected chi connectivity index (χ2v) is 20.0. The van der Waals surface area contributed by atoms with Crippen LogP contribution in [0.1, 0.15) is 151 Å². The number of nitrogens with two attached hydrogens (primary N) is 2. The summed E-state index contributed by atoms with van der Waals surface area (Å²) in [6, 6.07) is 24.5. The summed E-state index contributed by atoms with van der Waals surface area (Å²) in [6.07, 6.45) is 17.1. The van der Waals surface area contributed by atoms with Crippen LogP contribution in [-0.4, -0.2) is 11.9 Å². The minimum absolute atomic E-state index is 0.289. The Kier molecular flexibility index (Phi) is 13.7. The molecule has 8 heteroatoms. The van der Waals surface area contributed by atoms with E-state index < -0.39 is 23.0 Å². The van der Waals surface area contributed by atoms with Gasteiger partial charge in [-0.05, 0) is 111 Å². The standard InChI is InChI=1S/C52H62N2O4S2/c1-7-9-11-13-15-17-19-37-31-41(59-47(37)51(3,4)53)33-21-25-35(26-22-33)43-39-29-30-40-44(50(56)58-46(40)45(39)57-49(43)55)36-27-23-34(24-28-36)42-32-38(48(60-42)52(5,6)54)20-18-16-14-12-10-8-2/h21-32H,7-20,53-54H2,1-6H3. The Morgan fingerprint density at radius 1 is 0.483 bits per heavy atom. The van der Waals surface area contributed by atoms with E-state index in [1.807, 2.05) is 36.4 Å². The molecule has 4 heterocycles.